The first-order valence-corrected chi connectivity index (χ1v) is 10.3. The van der Waals surface area contributed by atoms with Crippen LogP contribution in [0, 0.1) is 0 Å². The highest BCUT2D eigenvalue weighted by Gasteiger charge is 2.30. The van der Waals surface area contributed by atoms with Gasteiger partial charge in [-0.3, -0.25) is 24.0 Å². The van der Waals surface area contributed by atoms with Gasteiger partial charge in [0.15, 0.2) is 0 Å². The van der Waals surface area contributed by atoms with Crippen molar-refractivity contribution in [2.45, 2.75) is 43.4 Å². The van der Waals surface area contributed by atoms with E-state index in [0.717, 1.165) is 0 Å². The maximum absolute atomic E-state index is 12.4. The van der Waals surface area contributed by atoms with Crippen LogP contribution in [0.2, 0.25) is 0 Å². The van der Waals surface area contributed by atoms with Gasteiger partial charge >= 0.3 is 11.9 Å². The Hall–Kier alpha value is -2.91. The minimum atomic E-state index is -1.72. The number of carboxylic acid groups (broad SMARTS) is 2. The summed E-state index contributed by atoms with van der Waals surface area (Å²) in [6.45, 7) is -0.867. The van der Waals surface area contributed by atoms with Gasteiger partial charge in [-0.25, -0.2) is 4.79 Å². The molecule has 0 aromatic rings. The molecule has 4 atom stereocenters. The molecule has 15 heteroatoms. The average Bonchev–Trinajstić information content (AvgIpc) is 2.67. The first kappa shape index (κ1) is 28.1. The molecule has 0 bridgehead atoms. The van der Waals surface area contributed by atoms with E-state index in [9.17, 15) is 33.9 Å². The predicted molar refractivity (Wildman–Crippen MR) is 108 cm³/mol. The van der Waals surface area contributed by atoms with Gasteiger partial charge in [-0.2, -0.15) is 11.8 Å². The molecule has 176 valence electrons. The fourth-order valence-electron chi connectivity index (χ4n) is 2.21. The van der Waals surface area contributed by atoms with Crippen LogP contribution >= 0.6 is 11.8 Å². The lowest BCUT2D eigenvalue weighted by Crippen LogP contribution is -2.58. The van der Waals surface area contributed by atoms with Crippen molar-refractivity contribution in [3.8, 4) is 0 Å². The second-order valence-corrected chi connectivity index (χ2v) is 7.35. The SMILES string of the molecule is CSCCC(NC(=O)C(CO)NC(=O)C(N)CC(N)=O)C(=O)NC(CC(=O)O)C(=O)O. The first-order chi connectivity index (χ1) is 14.4. The minimum Gasteiger partial charge on any atom is -0.481 e. The molecule has 0 heterocycles. The zero-order valence-electron chi connectivity index (χ0n) is 16.7. The summed E-state index contributed by atoms with van der Waals surface area (Å²) in [5.74, 6) is -6.38. The quantitative estimate of drug-likeness (QED) is 0.115. The minimum absolute atomic E-state index is 0.0471. The number of rotatable bonds is 15. The monoisotopic (exact) mass is 465 g/mol. The molecule has 31 heavy (non-hydrogen) atoms. The summed E-state index contributed by atoms with van der Waals surface area (Å²) in [4.78, 5) is 69.5. The number of hydrogen-bond donors (Lipinski definition) is 8. The summed E-state index contributed by atoms with van der Waals surface area (Å²) in [5.41, 5.74) is 10.4. The lowest BCUT2D eigenvalue weighted by Gasteiger charge is -2.24. The molecule has 0 aliphatic rings. The average molecular weight is 465 g/mol. The fraction of sp³-hybridized carbons (Fsp3) is 0.625. The number of hydrogen-bond acceptors (Lipinski definition) is 9. The van der Waals surface area contributed by atoms with Crippen LogP contribution in [0.25, 0.3) is 0 Å². The van der Waals surface area contributed by atoms with Gasteiger partial charge in [-0.1, -0.05) is 0 Å². The number of aliphatic hydroxyl groups is 1. The lowest BCUT2D eigenvalue weighted by molar-refractivity contribution is -0.147. The van der Waals surface area contributed by atoms with Gasteiger partial charge in [0.05, 0.1) is 25.5 Å². The van der Waals surface area contributed by atoms with Crippen LogP contribution in [-0.2, 0) is 28.8 Å². The van der Waals surface area contributed by atoms with E-state index >= 15 is 0 Å². The molecule has 4 unspecified atom stereocenters. The van der Waals surface area contributed by atoms with E-state index in [2.05, 4.69) is 10.6 Å². The number of nitrogens with two attached hydrogens (primary N) is 2. The van der Waals surface area contributed by atoms with Crippen molar-refractivity contribution in [1.82, 2.24) is 16.0 Å². The Bertz CT molecular complexity index is 690. The Morgan fingerprint density at radius 1 is 0.871 bits per heavy atom. The van der Waals surface area contributed by atoms with E-state index in [4.69, 9.17) is 21.7 Å². The molecular formula is C16H27N5O9S. The van der Waals surface area contributed by atoms with Gasteiger partial charge in [0.1, 0.15) is 18.1 Å². The third-order valence-electron chi connectivity index (χ3n) is 3.81. The van der Waals surface area contributed by atoms with E-state index in [0.29, 0.717) is 5.75 Å². The number of aliphatic hydroxyl groups excluding tert-OH is 1. The Balaban J connectivity index is 5.24. The predicted octanol–water partition coefficient (Wildman–Crippen LogP) is -4.05. The fourth-order valence-corrected chi connectivity index (χ4v) is 2.68. The molecule has 0 aliphatic carbocycles. The molecule has 0 fully saturated rings. The highest BCUT2D eigenvalue weighted by molar-refractivity contribution is 7.98. The largest absolute Gasteiger partial charge is 0.481 e. The molecule has 0 rings (SSSR count). The number of carbonyl (C=O) groups excluding carboxylic acids is 4. The van der Waals surface area contributed by atoms with Gasteiger partial charge in [0.25, 0.3) is 0 Å². The van der Waals surface area contributed by atoms with Crippen molar-refractivity contribution in [3.05, 3.63) is 0 Å². The van der Waals surface area contributed by atoms with Crippen LogP contribution in [-0.4, -0.2) is 93.7 Å². The van der Waals surface area contributed by atoms with Gasteiger partial charge in [-0.15, -0.1) is 0 Å². The first-order valence-electron chi connectivity index (χ1n) is 8.92. The van der Waals surface area contributed by atoms with Gasteiger partial charge < -0.3 is 42.7 Å². The molecular weight excluding hydrogens is 438 g/mol. The third-order valence-corrected chi connectivity index (χ3v) is 4.45. The number of carbonyl (C=O) groups is 6. The van der Waals surface area contributed by atoms with Crippen LogP contribution in [0.15, 0.2) is 0 Å². The molecule has 0 aliphatic heterocycles. The Morgan fingerprint density at radius 2 is 1.39 bits per heavy atom. The molecule has 0 aromatic carbocycles. The Labute approximate surface area is 181 Å². The van der Waals surface area contributed by atoms with Crippen molar-refractivity contribution < 1.29 is 44.1 Å². The van der Waals surface area contributed by atoms with Gasteiger partial charge in [0.2, 0.25) is 23.6 Å². The zero-order valence-corrected chi connectivity index (χ0v) is 17.5. The topological polar surface area (TPSA) is 251 Å². The third kappa shape index (κ3) is 11.2. The summed E-state index contributed by atoms with van der Waals surface area (Å²) in [6, 6.07) is -5.88. The standard InChI is InChI=1S/C16H27N5O9S/c1-31-3-2-8(14(27)20-9(16(29)30)5-12(24)25)19-15(28)10(6-22)21-13(26)7(17)4-11(18)23/h7-10,22H,2-6,17H2,1H3,(H2,18,23)(H,19,28)(H,20,27)(H,21,26)(H,24,25)(H,29,30). The number of amides is 4. The number of carboxylic acids is 2. The molecule has 0 saturated carbocycles. The Morgan fingerprint density at radius 3 is 1.84 bits per heavy atom. The molecule has 0 saturated heterocycles. The summed E-state index contributed by atoms with van der Waals surface area (Å²) in [5, 5.41) is 33.6. The highest BCUT2D eigenvalue weighted by atomic mass is 32.2. The van der Waals surface area contributed by atoms with Crippen molar-refractivity contribution in [3.63, 3.8) is 0 Å². The molecule has 0 radical (unpaired) electrons. The summed E-state index contributed by atoms with van der Waals surface area (Å²) in [7, 11) is 0. The van der Waals surface area contributed by atoms with E-state index in [-0.39, 0.29) is 6.42 Å². The van der Waals surface area contributed by atoms with Crippen molar-refractivity contribution in [2.75, 3.05) is 18.6 Å². The maximum atomic E-state index is 12.4. The second-order valence-electron chi connectivity index (χ2n) is 6.36. The summed E-state index contributed by atoms with van der Waals surface area (Å²) >= 11 is 1.32. The van der Waals surface area contributed by atoms with Crippen LogP contribution in [0.3, 0.4) is 0 Å². The van der Waals surface area contributed by atoms with E-state index in [1.807, 2.05) is 5.32 Å². The molecule has 4 amide bonds. The molecule has 0 spiro atoms. The maximum Gasteiger partial charge on any atom is 0.326 e. The summed E-state index contributed by atoms with van der Waals surface area (Å²) in [6.07, 6.45) is 0.394. The van der Waals surface area contributed by atoms with E-state index in [1.54, 1.807) is 6.26 Å². The smallest absolute Gasteiger partial charge is 0.326 e. The van der Waals surface area contributed by atoms with E-state index in [1.165, 1.54) is 11.8 Å². The number of primary amides is 1. The van der Waals surface area contributed by atoms with Crippen LogP contribution in [0.1, 0.15) is 19.3 Å². The summed E-state index contributed by atoms with van der Waals surface area (Å²) < 4.78 is 0. The van der Waals surface area contributed by atoms with E-state index < -0.39 is 79.2 Å². The van der Waals surface area contributed by atoms with Crippen molar-refractivity contribution in [2.24, 2.45) is 11.5 Å². The molecule has 0 aromatic heterocycles. The lowest BCUT2D eigenvalue weighted by atomic mass is 10.1. The zero-order chi connectivity index (χ0) is 24.1. The van der Waals surface area contributed by atoms with Crippen LogP contribution in [0.5, 0.6) is 0 Å². The van der Waals surface area contributed by atoms with Gasteiger partial charge in [-0.05, 0) is 18.4 Å². The Kier molecular flexibility index (Phi) is 12.8. The number of thioether (sulfide) groups is 1. The molecule has 10 N–H and O–H groups in total. The van der Waals surface area contributed by atoms with Crippen LogP contribution < -0.4 is 27.4 Å². The second kappa shape index (κ2) is 14.2. The van der Waals surface area contributed by atoms with Crippen LogP contribution in [0.4, 0.5) is 0 Å². The van der Waals surface area contributed by atoms with Gasteiger partial charge in [0, 0.05) is 0 Å². The number of aliphatic carboxylic acids is 2. The number of nitrogens with one attached hydrogen (secondary N) is 3. The van der Waals surface area contributed by atoms with Crippen molar-refractivity contribution >= 4 is 47.3 Å². The van der Waals surface area contributed by atoms with Crippen molar-refractivity contribution in [1.29, 1.82) is 0 Å². The normalized spacial score (nSPS) is 14.4. The molecule has 14 nitrogen and oxygen atoms in total. The highest BCUT2D eigenvalue weighted by Crippen LogP contribution is 2.04.